The maximum absolute atomic E-state index is 12.6. The first kappa shape index (κ1) is 19.9. The molecule has 0 atom stereocenters. The predicted octanol–water partition coefficient (Wildman–Crippen LogP) is 3.26. The third kappa shape index (κ3) is 4.70. The van der Waals surface area contributed by atoms with Crippen molar-refractivity contribution in [2.75, 3.05) is 49.6 Å². The van der Waals surface area contributed by atoms with E-state index in [0.29, 0.717) is 29.9 Å². The summed E-state index contributed by atoms with van der Waals surface area (Å²) in [5.41, 5.74) is 2.86. The third-order valence-corrected chi connectivity index (χ3v) is 4.92. The molecule has 0 radical (unpaired) electrons. The van der Waals surface area contributed by atoms with Crippen LogP contribution in [-0.4, -0.2) is 56.1 Å². The van der Waals surface area contributed by atoms with Crippen LogP contribution >= 0.6 is 0 Å². The molecule has 0 bridgehead atoms. The highest BCUT2D eigenvalue weighted by Gasteiger charge is 2.15. The minimum atomic E-state index is -0.194. The van der Waals surface area contributed by atoms with Crippen LogP contribution in [0.3, 0.4) is 0 Å². The molecule has 148 valence electrons. The number of rotatable bonds is 6. The van der Waals surface area contributed by atoms with E-state index in [4.69, 9.17) is 4.74 Å². The van der Waals surface area contributed by atoms with E-state index in [1.807, 2.05) is 38.1 Å². The van der Waals surface area contributed by atoms with Gasteiger partial charge in [0.15, 0.2) is 0 Å². The Balaban J connectivity index is 1.67. The summed E-state index contributed by atoms with van der Waals surface area (Å²) >= 11 is 0. The average Bonchev–Trinajstić information content (AvgIpc) is 2.75. The van der Waals surface area contributed by atoms with Crippen LogP contribution in [0.5, 0.6) is 0 Å². The SMILES string of the molecule is CCN(CC)C(=O)c1cccc(NC(=O)c2ccc(N3CCOCC3)cc2)c1. The van der Waals surface area contributed by atoms with E-state index in [1.165, 1.54) is 0 Å². The molecule has 1 N–H and O–H groups in total. The number of amides is 2. The van der Waals surface area contributed by atoms with E-state index >= 15 is 0 Å². The van der Waals surface area contributed by atoms with Crippen LogP contribution < -0.4 is 10.2 Å². The van der Waals surface area contributed by atoms with Crippen molar-refractivity contribution in [3.63, 3.8) is 0 Å². The highest BCUT2D eigenvalue weighted by Crippen LogP contribution is 2.18. The molecule has 2 aromatic rings. The molecule has 0 unspecified atom stereocenters. The number of benzene rings is 2. The fraction of sp³-hybridized carbons (Fsp3) is 0.364. The molecule has 3 rings (SSSR count). The monoisotopic (exact) mass is 381 g/mol. The van der Waals surface area contributed by atoms with E-state index in [0.717, 1.165) is 32.0 Å². The topological polar surface area (TPSA) is 61.9 Å². The molecule has 1 saturated heterocycles. The van der Waals surface area contributed by atoms with Crippen molar-refractivity contribution >= 4 is 23.2 Å². The minimum absolute atomic E-state index is 0.0315. The van der Waals surface area contributed by atoms with Gasteiger partial charge in [-0.05, 0) is 56.3 Å². The molecule has 6 nitrogen and oxygen atoms in total. The smallest absolute Gasteiger partial charge is 0.255 e. The average molecular weight is 381 g/mol. The van der Waals surface area contributed by atoms with Crippen LogP contribution in [0.2, 0.25) is 0 Å². The summed E-state index contributed by atoms with van der Waals surface area (Å²) in [4.78, 5) is 29.1. The molecular weight excluding hydrogens is 354 g/mol. The second-order valence-electron chi connectivity index (χ2n) is 6.66. The first-order valence-electron chi connectivity index (χ1n) is 9.75. The molecule has 6 heteroatoms. The number of anilines is 2. The lowest BCUT2D eigenvalue weighted by atomic mass is 10.1. The lowest BCUT2D eigenvalue weighted by Gasteiger charge is -2.28. The van der Waals surface area contributed by atoms with E-state index < -0.39 is 0 Å². The van der Waals surface area contributed by atoms with Crippen molar-refractivity contribution in [2.45, 2.75) is 13.8 Å². The van der Waals surface area contributed by atoms with Gasteiger partial charge in [-0.15, -0.1) is 0 Å². The normalized spacial score (nSPS) is 13.9. The van der Waals surface area contributed by atoms with Crippen LogP contribution in [0.1, 0.15) is 34.6 Å². The van der Waals surface area contributed by atoms with Gasteiger partial charge in [0.25, 0.3) is 11.8 Å². The number of hydrogen-bond acceptors (Lipinski definition) is 4. The molecule has 1 heterocycles. The molecule has 1 aliphatic heterocycles. The Morgan fingerprint density at radius 3 is 2.32 bits per heavy atom. The summed E-state index contributed by atoms with van der Waals surface area (Å²) in [7, 11) is 0. The molecular formula is C22H27N3O3. The van der Waals surface area contributed by atoms with Gasteiger partial charge in [0, 0.05) is 48.7 Å². The second-order valence-corrected chi connectivity index (χ2v) is 6.66. The molecule has 1 aliphatic rings. The van der Waals surface area contributed by atoms with Gasteiger partial charge in [-0.1, -0.05) is 6.07 Å². The highest BCUT2D eigenvalue weighted by molar-refractivity contribution is 6.05. The van der Waals surface area contributed by atoms with Crippen LogP contribution in [0.25, 0.3) is 0 Å². The zero-order valence-corrected chi connectivity index (χ0v) is 16.5. The van der Waals surface area contributed by atoms with Crippen molar-refractivity contribution in [3.8, 4) is 0 Å². The lowest BCUT2D eigenvalue weighted by Crippen LogP contribution is -2.36. The summed E-state index contributed by atoms with van der Waals surface area (Å²) in [5.74, 6) is -0.225. The Kier molecular flexibility index (Phi) is 6.66. The molecule has 2 aromatic carbocycles. The Morgan fingerprint density at radius 2 is 1.68 bits per heavy atom. The van der Waals surface area contributed by atoms with Crippen molar-refractivity contribution < 1.29 is 14.3 Å². The van der Waals surface area contributed by atoms with Gasteiger partial charge in [-0.3, -0.25) is 9.59 Å². The van der Waals surface area contributed by atoms with Gasteiger partial charge in [0.05, 0.1) is 13.2 Å². The molecule has 0 spiro atoms. The molecule has 1 fully saturated rings. The van der Waals surface area contributed by atoms with Crippen molar-refractivity contribution in [3.05, 3.63) is 59.7 Å². The second kappa shape index (κ2) is 9.37. The predicted molar refractivity (Wildman–Crippen MR) is 111 cm³/mol. The van der Waals surface area contributed by atoms with Crippen molar-refractivity contribution in [1.82, 2.24) is 4.90 Å². The fourth-order valence-electron chi connectivity index (χ4n) is 3.27. The van der Waals surface area contributed by atoms with Gasteiger partial charge in [-0.25, -0.2) is 0 Å². The first-order chi connectivity index (χ1) is 13.6. The quantitative estimate of drug-likeness (QED) is 0.834. The van der Waals surface area contributed by atoms with Gasteiger partial charge in [0.2, 0.25) is 0 Å². The molecule has 2 amide bonds. The maximum Gasteiger partial charge on any atom is 0.255 e. The van der Waals surface area contributed by atoms with Gasteiger partial charge >= 0.3 is 0 Å². The zero-order valence-electron chi connectivity index (χ0n) is 16.5. The van der Waals surface area contributed by atoms with Crippen molar-refractivity contribution in [2.24, 2.45) is 0 Å². The Hall–Kier alpha value is -2.86. The number of nitrogens with zero attached hydrogens (tertiary/aromatic N) is 2. The zero-order chi connectivity index (χ0) is 19.9. The molecule has 0 aromatic heterocycles. The maximum atomic E-state index is 12.6. The van der Waals surface area contributed by atoms with E-state index in [-0.39, 0.29) is 11.8 Å². The standard InChI is InChI=1S/C22H27N3O3/c1-3-24(4-2)22(27)18-6-5-7-19(16-18)23-21(26)17-8-10-20(11-9-17)25-12-14-28-15-13-25/h5-11,16H,3-4,12-15H2,1-2H3,(H,23,26). The largest absolute Gasteiger partial charge is 0.378 e. The van der Waals surface area contributed by atoms with Crippen LogP contribution in [0.15, 0.2) is 48.5 Å². The van der Waals surface area contributed by atoms with Crippen LogP contribution in [0.4, 0.5) is 11.4 Å². The molecule has 0 aliphatic carbocycles. The Labute approximate surface area is 166 Å². The van der Waals surface area contributed by atoms with Crippen LogP contribution in [0, 0.1) is 0 Å². The van der Waals surface area contributed by atoms with Crippen LogP contribution in [-0.2, 0) is 4.74 Å². The van der Waals surface area contributed by atoms with Gasteiger partial charge in [0.1, 0.15) is 0 Å². The molecule has 28 heavy (non-hydrogen) atoms. The number of nitrogens with one attached hydrogen (secondary N) is 1. The summed E-state index contributed by atoms with van der Waals surface area (Å²) in [5, 5.41) is 2.88. The minimum Gasteiger partial charge on any atom is -0.378 e. The van der Waals surface area contributed by atoms with E-state index in [9.17, 15) is 9.59 Å². The lowest BCUT2D eigenvalue weighted by molar-refractivity contribution is 0.0772. The molecule has 0 saturated carbocycles. The van der Waals surface area contributed by atoms with E-state index in [2.05, 4.69) is 10.2 Å². The number of hydrogen-bond donors (Lipinski definition) is 1. The summed E-state index contributed by atoms with van der Waals surface area (Å²) in [6.45, 7) is 8.39. The highest BCUT2D eigenvalue weighted by atomic mass is 16.5. The fourth-order valence-corrected chi connectivity index (χ4v) is 3.27. The van der Waals surface area contributed by atoms with Gasteiger partial charge in [-0.2, -0.15) is 0 Å². The number of morpholine rings is 1. The first-order valence-corrected chi connectivity index (χ1v) is 9.75. The summed E-state index contributed by atoms with van der Waals surface area (Å²) in [6, 6.07) is 14.6. The summed E-state index contributed by atoms with van der Waals surface area (Å²) in [6.07, 6.45) is 0. The van der Waals surface area contributed by atoms with Crippen molar-refractivity contribution in [1.29, 1.82) is 0 Å². The number of ether oxygens (including phenoxy) is 1. The summed E-state index contributed by atoms with van der Waals surface area (Å²) < 4.78 is 5.37. The number of carbonyl (C=O) groups excluding carboxylic acids is 2. The Morgan fingerprint density at radius 1 is 1.00 bits per heavy atom. The Bertz CT molecular complexity index is 810. The number of carbonyl (C=O) groups is 2. The van der Waals surface area contributed by atoms with E-state index in [1.54, 1.807) is 29.2 Å². The van der Waals surface area contributed by atoms with Gasteiger partial charge < -0.3 is 19.9 Å². The third-order valence-electron chi connectivity index (χ3n) is 4.92.